The number of hydrogen-bond donors (Lipinski definition) is 0. The first-order valence-corrected chi connectivity index (χ1v) is 6.54. The monoisotopic (exact) mass is 251 g/mol. The molecule has 4 aromatic rings. The minimum Gasteiger partial charge on any atom is -0.443 e. The van der Waals surface area contributed by atoms with E-state index in [1.54, 1.807) is 11.3 Å². The lowest BCUT2D eigenvalue weighted by molar-refractivity contribution is 0.602. The van der Waals surface area contributed by atoms with E-state index in [1.807, 2.05) is 6.07 Å². The second-order valence-electron chi connectivity index (χ2n) is 4.18. The highest BCUT2D eigenvalue weighted by molar-refractivity contribution is 7.22. The highest BCUT2D eigenvalue weighted by atomic mass is 32.1. The summed E-state index contributed by atoms with van der Waals surface area (Å²) in [5.74, 6) is 0. The van der Waals surface area contributed by atoms with Gasteiger partial charge < -0.3 is 4.42 Å². The van der Waals surface area contributed by atoms with E-state index in [1.165, 1.54) is 26.9 Å². The van der Waals surface area contributed by atoms with E-state index in [4.69, 9.17) is 4.42 Å². The van der Waals surface area contributed by atoms with Gasteiger partial charge >= 0.3 is 0 Å². The Labute approximate surface area is 108 Å². The number of nitrogens with zero attached hydrogens (tertiary/aromatic N) is 1. The largest absolute Gasteiger partial charge is 0.443 e. The first kappa shape index (κ1) is 9.85. The van der Waals surface area contributed by atoms with Gasteiger partial charge in [-0.15, -0.1) is 11.3 Å². The lowest BCUT2D eigenvalue weighted by Gasteiger charge is -1.95. The van der Waals surface area contributed by atoms with Gasteiger partial charge in [0.25, 0.3) is 0 Å². The molecule has 2 aromatic heterocycles. The van der Waals surface area contributed by atoms with Crippen LogP contribution in [-0.4, -0.2) is 4.98 Å². The summed E-state index contributed by atoms with van der Waals surface area (Å²) in [6.45, 7) is 0. The molecule has 86 valence electrons. The molecular formula is C15H9NOS. The van der Waals surface area contributed by atoms with Gasteiger partial charge in [-0.25, -0.2) is 4.98 Å². The minimum atomic E-state index is 0.833. The second kappa shape index (κ2) is 3.68. The molecule has 0 spiro atoms. The molecule has 2 heterocycles. The predicted octanol–water partition coefficient (Wildman–Crippen LogP) is 4.71. The standard InChI is InChI=1S/C15H9NOS/c1-2-4-14-10(3-1)8-15(18-14)11-5-6-13-12(7-11)16-9-17-13/h1-9H. The van der Waals surface area contributed by atoms with Gasteiger partial charge in [0.05, 0.1) is 0 Å². The zero-order chi connectivity index (χ0) is 11.9. The normalized spacial score (nSPS) is 11.3. The topological polar surface area (TPSA) is 26.0 Å². The van der Waals surface area contributed by atoms with E-state index < -0.39 is 0 Å². The van der Waals surface area contributed by atoms with Crippen LogP contribution in [-0.2, 0) is 0 Å². The number of hydrogen-bond acceptors (Lipinski definition) is 3. The van der Waals surface area contributed by atoms with Crippen molar-refractivity contribution < 1.29 is 4.42 Å². The number of oxazole rings is 1. The van der Waals surface area contributed by atoms with E-state index >= 15 is 0 Å². The van der Waals surface area contributed by atoms with Crippen LogP contribution in [0, 0.1) is 0 Å². The highest BCUT2D eigenvalue weighted by Crippen LogP contribution is 2.34. The number of benzene rings is 2. The lowest BCUT2D eigenvalue weighted by Crippen LogP contribution is -1.72. The molecule has 3 heteroatoms. The summed E-state index contributed by atoms with van der Waals surface area (Å²) >= 11 is 1.80. The molecule has 0 amide bonds. The van der Waals surface area contributed by atoms with Gasteiger partial charge in [-0.05, 0) is 41.3 Å². The molecule has 0 aliphatic heterocycles. The van der Waals surface area contributed by atoms with Crippen LogP contribution in [0.1, 0.15) is 0 Å². The molecule has 0 saturated carbocycles. The van der Waals surface area contributed by atoms with Gasteiger partial charge in [0.15, 0.2) is 12.0 Å². The van der Waals surface area contributed by atoms with Crippen LogP contribution in [0.5, 0.6) is 0 Å². The van der Waals surface area contributed by atoms with E-state index in [0.717, 1.165) is 11.1 Å². The van der Waals surface area contributed by atoms with Crippen molar-refractivity contribution in [3.05, 3.63) is 54.9 Å². The molecule has 0 aliphatic rings. The summed E-state index contributed by atoms with van der Waals surface area (Å²) in [7, 11) is 0. The molecule has 0 aliphatic carbocycles. The fourth-order valence-electron chi connectivity index (χ4n) is 2.14. The van der Waals surface area contributed by atoms with Crippen LogP contribution in [0.25, 0.3) is 31.6 Å². The molecular weight excluding hydrogens is 242 g/mol. The van der Waals surface area contributed by atoms with E-state index in [9.17, 15) is 0 Å². The SMILES string of the molecule is c1ccc2sc(-c3ccc4ocnc4c3)cc2c1. The first-order chi connectivity index (χ1) is 8.90. The van der Waals surface area contributed by atoms with Crippen LogP contribution < -0.4 is 0 Å². The van der Waals surface area contributed by atoms with Crippen LogP contribution in [0.2, 0.25) is 0 Å². The first-order valence-electron chi connectivity index (χ1n) is 5.72. The van der Waals surface area contributed by atoms with Crippen molar-refractivity contribution in [1.82, 2.24) is 4.98 Å². The second-order valence-corrected chi connectivity index (χ2v) is 5.27. The summed E-state index contributed by atoms with van der Waals surface area (Å²) in [6.07, 6.45) is 1.49. The molecule has 0 atom stereocenters. The minimum absolute atomic E-state index is 0.833. The Bertz CT molecular complexity index is 811. The number of thiophene rings is 1. The van der Waals surface area contributed by atoms with Gasteiger partial charge in [-0.1, -0.05) is 18.2 Å². The van der Waals surface area contributed by atoms with Gasteiger partial charge in [-0.3, -0.25) is 0 Å². The van der Waals surface area contributed by atoms with Crippen LogP contribution in [0.15, 0.2) is 59.3 Å². The quantitative estimate of drug-likeness (QED) is 0.489. The zero-order valence-corrected chi connectivity index (χ0v) is 10.3. The van der Waals surface area contributed by atoms with Gasteiger partial charge in [0.1, 0.15) is 5.52 Å². The van der Waals surface area contributed by atoms with E-state index in [0.29, 0.717) is 0 Å². The fourth-order valence-corrected chi connectivity index (χ4v) is 3.19. The third-order valence-corrected chi connectivity index (χ3v) is 4.21. The molecule has 18 heavy (non-hydrogen) atoms. The molecule has 2 aromatic carbocycles. The van der Waals surface area contributed by atoms with Crippen molar-refractivity contribution in [3.8, 4) is 10.4 Å². The fraction of sp³-hybridized carbons (Fsp3) is 0. The van der Waals surface area contributed by atoms with Gasteiger partial charge in [0, 0.05) is 9.58 Å². The molecule has 0 N–H and O–H groups in total. The molecule has 0 unspecified atom stereocenters. The number of aromatic nitrogens is 1. The van der Waals surface area contributed by atoms with Gasteiger partial charge in [-0.2, -0.15) is 0 Å². The molecule has 0 saturated heterocycles. The zero-order valence-electron chi connectivity index (χ0n) is 9.46. The Morgan fingerprint density at radius 2 is 1.94 bits per heavy atom. The van der Waals surface area contributed by atoms with Crippen molar-refractivity contribution in [2.75, 3.05) is 0 Å². The van der Waals surface area contributed by atoms with Crippen LogP contribution in [0.4, 0.5) is 0 Å². The molecule has 0 fully saturated rings. The maximum Gasteiger partial charge on any atom is 0.181 e. The highest BCUT2D eigenvalue weighted by Gasteiger charge is 2.06. The Balaban J connectivity index is 1.94. The Morgan fingerprint density at radius 3 is 2.89 bits per heavy atom. The summed E-state index contributed by atoms with van der Waals surface area (Å²) < 4.78 is 6.57. The lowest BCUT2D eigenvalue weighted by atomic mass is 10.1. The van der Waals surface area contributed by atoms with Crippen LogP contribution >= 0.6 is 11.3 Å². The smallest absolute Gasteiger partial charge is 0.181 e. The molecule has 0 bridgehead atoms. The predicted molar refractivity (Wildman–Crippen MR) is 74.8 cm³/mol. The third-order valence-electron chi connectivity index (χ3n) is 3.04. The average Bonchev–Trinajstić information content (AvgIpc) is 3.04. The summed E-state index contributed by atoms with van der Waals surface area (Å²) in [5.41, 5.74) is 2.93. The Morgan fingerprint density at radius 1 is 1.00 bits per heavy atom. The third kappa shape index (κ3) is 1.45. The van der Waals surface area contributed by atoms with Crippen molar-refractivity contribution in [2.45, 2.75) is 0 Å². The van der Waals surface area contributed by atoms with E-state index in [-0.39, 0.29) is 0 Å². The van der Waals surface area contributed by atoms with Crippen molar-refractivity contribution in [1.29, 1.82) is 0 Å². The molecule has 4 rings (SSSR count). The van der Waals surface area contributed by atoms with Crippen molar-refractivity contribution >= 4 is 32.5 Å². The maximum absolute atomic E-state index is 5.26. The van der Waals surface area contributed by atoms with E-state index in [2.05, 4.69) is 47.4 Å². The number of rotatable bonds is 1. The summed E-state index contributed by atoms with van der Waals surface area (Å²) in [6, 6.07) is 16.8. The summed E-state index contributed by atoms with van der Waals surface area (Å²) in [4.78, 5) is 5.46. The average molecular weight is 251 g/mol. The maximum atomic E-state index is 5.26. The molecule has 2 nitrogen and oxygen atoms in total. The molecule has 0 radical (unpaired) electrons. The van der Waals surface area contributed by atoms with Crippen LogP contribution in [0.3, 0.4) is 0 Å². The number of fused-ring (bicyclic) bond motifs is 2. The summed E-state index contributed by atoms with van der Waals surface area (Å²) in [5, 5.41) is 1.29. The van der Waals surface area contributed by atoms with Crippen molar-refractivity contribution in [2.24, 2.45) is 0 Å². The van der Waals surface area contributed by atoms with Gasteiger partial charge in [0.2, 0.25) is 0 Å². The Kier molecular flexibility index (Phi) is 2.02. The van der Waals surface area contributed by atoms with Crippen molar-refractivity contribution in [3.63, 3.8) is 0 Å². The Hall–Kier alpha value is -2.13.